The number of nitrogens with zero attached hydrogens (tertiary/aromatic N) is 1. The van der Waals surface area contributed by atoms with Crippen LogP contribution in [0.3, 0.4) is 0 Å². The summed E-state index contributed by atoms with van der Waals surface area (Å²) in [6.45, 7) is 0.821. The Labute approximate surface area is 122 Å². The number of rotatable bonds is 4. The zero-order valence-electron chi connectivity index (χ0n) is 11.0. The highest BCUT2D eigenvalue weighted by molar-refractivity contribution is 7.17. The molecular formula is C17H14N2S. The average molecular weight is 278 g/mol. The van der Waals surface area contributed by atoms with Gasteiger partial charge in [-0.1, -0.05) is 30.3 Å². The number of fused-ring (bicyclic) bond motifs is 1. The van der Waals surface area contributed by atoms with E-state index in [2.05, 4.69) is 41.0 Å². The molecule has 98 valence electrons. The molecule has 0 unspecified atom stereocenters. The van der Waals surface area contributed by atoms with Crippen molar-refractivity contribution in [2.75, 3.05) is 5.32 Å². The molecule has 0 saturated carbocycles. The zero-order chi connectivity index (χ0) is 13.8. The first-order valence-corrected chi connectivity index (χ1v) is 7.39. The van der Waals surface area contributed by atoms with Gasteiger partial charge < -0.3 is 5.32 Å². The minimum Gasteiger partial charge on any atom is -0.381 e. The Morgan fingerprint density at radius 1 is 1.05 bits per heavy atom. The molecule has 0 radical (unpaired) electrons. The van der Waals surface area contributed by atoms with E-state index in [0.29, 0.717) is 6.42 Å². The van der Waals surface area contributed by atoms with Crippen molar-refractivity contribution in [1.29, 1.82) is 5.26 Å². The first-order valence-electron chi connectivity index (χ1n) is 6.52. The predicted octanol–water partition coefficient (Wildman–Crippen LogP) is 4.58. The summed E-state index contributed by atoms with van der Waals surface area (Å²) in [4.78, 5) is 0. The number of benzene rings is 2. The molecule has 0 amide bonds. The molecule has 0 spiro atoms. The van der Waals surface area contributed by atoms with Crippen LogP contribution in [-0.4, -0.2) is 0 Å². The monoisotopic (exact) mass is 278 g/mol. The van der Waals surface area contributed by atoms with Crippen LogP contribution in [-0.2, 0) is 13.0 Å². The van der Waals surface area contributed by atoms with E-state index in [4.69, 9.17) is 5.26 Å². The van der Waals surface area contributed by atoms with Crippen LogP contribution in [0, 0.1) is 11.3 Å². The maximum Gasteiger partial charge on any atom is 0.0669 e. The number of hydrogen-bond donors (Lipinski definition) is 1. The van der Waals surface area contributed by atoms with Crippen molar-refractivity contribution in [3.05, 3.63) is 65.0 Å². The molecule has 2 nitrogen and oxygen atoms in total. The topological polar surface area (TPSA) is 35.8 Å². The Kier molecular flexibility index (Phi) is 3.67. The van der Waals surface area contributed by atoms with Gasteiger partial charge in [0, 0.05) is 16.9 Å². The quantitative estimate of drug-likeness (QED) is 0.758. The van der Waals surface area contributed by atoms with Gasteiger partial charge in [-0.2, -0.15) is 5.26 Å². The lowest BCUT2D eigenvalue weighted by Gasteiger charge is -2.06. The van der Waals surface area contributed by atoms with E-state index in [1.165, 1.54) is 15.6 Å². The maximum atomic E-state index is 8.65. The first-order chi connectivity index (χ1) is 9.86. The normalized spacial score (nSPS) is 10.3. The van der Waals surface area contributed by atoms with Crippen molar-refractivity contribution in [1.82, 2.24) is 0 Å². The molecule has 20 heavy (non-hydrogen) atoms. The van der Waals surface area contributed by atoms with Gasteiger partial charge in [-0.15, -0.1) is 11.3 Å². The third kappa shape index (κ3) is 2.66. The predicted molar refractivity (Wildman–Crippen MR) is 84.9 cm³/mol. The summed E-state index contributed by atoms with van der Waals surface area (Å²) in [5.74, 6) is 0. The van der Waals surface area contributed by atoms with Gasteiger partial charge in [0.05, 0.1) is 12.5 Å². The molecule has 0 bridgehead atoms. The molecule has 1 N–H and O–H groups in total. The number of thiophene rings is 1. The Bertz CT molecular complexity index is 751. The van der Waals surface area contributed by atoms with Gasteiger partial charge in [0.15, 0.2) is 0 Å². The zero-order valence-corrected chi connectivity index (χ0v) is 11.8. The minimum absolute atomic E-state index is 0.468. The second-order valence-corrected chi connectivity index (χ2v) is 5.55. The lowest BCUT2D eigenvalue weighted by Crippen LogP contribution is -1.98. The molecule has 3 rings (SSSR count). The molecule has 1 heterocycles. The molecule has 0 aliphatic heterocycles. The molecule has 0 atom stereocenters. The van der Waals surface area contributed by atoms with Crippen molar-refractivity contribution >= 4 is 27.1 Å². The first kappa shape index (κ1) is 12.7. The van der Waals surface area contributed by atoms with Crippen molar-refractivity contribution in [3.8, 4) is 6.07 Å². The third-order valence-electron chi connectivity index (χ3n) is 3.28. The van der Waals surface area contributed by atoms with E-state index in [1.807, 2.05) is 24.3 Å². The fraction of sp³-hybridized carbons (Fsp3) is 0.118. The summed E-state index contributed by atoms with van der Waals surface area (Å²) < 4.78 is 1.33. The second-order valence-electron chi connectivity index (χ2n) is 4.64. The second kappa shape index (κ2) is 5.77. The highest BCUT2D eigenvalue weighted by atomic mass is 32.1. The van der Waals surface area contributed by atoms with Crippen LogP contribution < -0.4 is 5.32 Å². The van der Waals surface area contributed by atoms with Gasteiger partial charge in [0.2, 0.25) is 0 Å². The molecule has 0 fully saturated rings. The fourth-order valence-corrected chi connectivity index (χ4v) is 3.16. The largest absolute Gasteiger partial charge is 0.381 e. The van der Waals surface area contributed by atoms with Gasteiger partial charge in [-0.05, 0) is 40.1 Å². The summed E-state index contributed by atoms with van der Waals surface area (Å²) >= 11 is 1.78. The van der Waals surface area contributed by atoms with Crippen LogP contribution in [0.25, 0.3) is 10.1 Å². The van der Waals surface area contributed by atoms with Crippen LogP contribution in [0.5, 0.6) is 0 Å². The standard InChI is InChI=1S/C17H14N2S/c18-10-9-13-5-7-15(8-6-13)19-11-14-12-20-17-4-2-1-3-16(14)17/h1-8,12,19H,9,11H2. The Balaban J connectivity index is 1.71. The summed E-state index contributed by atoms with van der Waals surface area (Å²) in [5, 5.41) is 15.6. The molecule has 0 aliphatic carbocycles. The van der Waals surface area contributed by atoms with Crippen molar-refractivity contribution in [3.63, 3.8) is 0 Å². The van der Waals surface area contributed by atoms with Gasteiger partial charge in [0.25, 0.3) is 0 Å². The minimum atomic E-state index is 0.468. The average Bonchev–Trinajstić information content (AvgIpc) is 2.90. The smallest absolute Gasteiger partial charge is 0.0669 e. The van der Waals surface area contributed by atoms with E-state index < -0.39 is 0 Å². The van der Waals surface area contributed by atoms with Crippen molar-refractivity contribution in [2.24, 2.45) is 0 Å². The van der Waals surface area contributed by atoms with Crippen LogP contribution in [0.15, 0.2) is 53.9 Å². The molecule has 3 aromatic rings. The number of hydrogen-bond acceptors (Lipinski definition) is 3. The molecule has 0 saturated heterocycles. The van der Waals surface area contributed by atoms with Gasteiger partial charge >= 0.3 is 0 Å². The van der Waals surface area contributed by atoms with E-state index in [1.54, 1.807) is 11.3 Å². The Morgan fingerprint density at radius 2 is 1.85 bits per heavy atom. The number of nitrogens with one attached hydrogen (secondary N) is 1. The van der Waals surface area contributed by atoms with Crippen molar-refractivity contribution in [2.45, 2.75) is 13.0 Å². The summed E-state index contributed by atoms with van der Waals surface area (Å²) in [5.41, 5.74) is 3.47. The van der Waals surface area contributed by atoms with Gasteiger partial charge in [0.1, 0.15) is 0 Å². The van der Waals surface area contributed by atoms with Crippen molar-refractivity contribution < 1.29 is 0 Å². The molecule has 3 heteroatoms. The van der Waals surface area contributed by atoms with E-state index in [9.17, 15) is 0 Å². The summed E-state index contributed by atoms with van der Waals surface area (Å²) in [6, 6.07) is 18.7. The Morgan fingerprint density at radius 3 is 2.65 bits per heavy atom. The molecule has 1 aromatic heterocycles. The lowest BCUT2D eigenvalue weighted by atomic mass is 10.1. The molecule has 2 aromatic carbocycles. The van der Waals surface area contributed by atoms with E-state index in [-0.39, 0.29) is 0 Å². The van der Waals surface area contributed by atoms with E-state index >= 15 is 0 Å². The summed E-state index contributed by atoms with van der Waals surface area (Å²) in [6.07, 6.45) is 0.468. The third-order valence-corrected chi connectivity index (χ3v) is 4.29. The highest BCUT2D eigenvalue weighted by Gasteiger charge is 2.03. The van der Waals surface area contributed by atoms with Gasteiger partial charge in [-0.25, -0.2) is 0 Å². The Hall–Kier alpha value is -2.31. The van der Waals surface area contributed by atoms with Crippen LogP contribution in [0.4, 0.5) is 5.69 Å². The number of nitriles is 1. The summed E-state index contributed by atoms with van der Waals surface area (Å²) in [7, 11) is 0. The van der Waals surface area contributed by atoms with Crippen LogP contribution >= 0.6 is 11.3 Å². The molecule has 0 aliphatic rings. The maximum absolute atomic E-state index is 8.65. The molecular weight excluding hydrogens is 264 g/mol. The fourth-order valence-electron chi connectivity index (χ4n) is 2.20. The van der Waals surface area contributed by atoms with Crippen LogP contribution in [0.1, 0.15) is 11.1 Å². The van der Waals surface area contributed by atoms with Gasteiger partial charge in [-0.3, -0.25) is 0 Å². The lowest BCUT2D eigenvalue weighted by molar-refractivity contribution is 1.17. The van der Waals surface area contributed by atoms with Crippen LogP contribution in [0.2, 0.25) is 0 Å². The SMILES string of the molecule is N#CCc1ccc(NCc2csc3ccccc23)cc1. The van der Waals surface area contributed by atoms with E-state index in [0.717, 1.165) is 17.8 Å². The highest BCUT2D eigenvalue weighted by Crippen LogP contribution is 2.26. The number of anilines is 1.